The molecule has 238 valence electrons. The molecule has 0 atom stereocenters. The van der Waals surface area contributed by atoms with E-state index in [1.165, 1.54) is 141 Å². The van der Waals surface area contributed by atoms with Gasteiger partial charge in [-0.15, -0.1) is 0 Å². The average Bonchev–Trinajstić information content (AvgIpc) is 2.97. The van der Waals surface area contributed by atoms with Crippen LogP contribution in [0.2, 0.25) is 0 Å². The minimum atomic E-state index is -1.04. The van der Waals surface area contributed by atoms with Crippen LogP contribution in [-0.4, -0.2) is 34.7 Å². The average molecular weight is 580 g/mol. The third-order valence-corrected chi connectivity index (χ3v) is 14.5. The summed E-state index contributed by atoms with van der Waals surface area (Å²) in [5, 5.41) is 8.52. The monoisotopic (exact) mass is 580 g/mol. The minimum absolute atomic E-state index is 0.0718. The van der Waals surface area contributed by atoms with E-state index in [0.717, 1.165) is 0 Å². The predicted molar refractivity (Wildman–Crippen MR) is 187 cm³/mol. The number of pyridine rings is 1. The molecular weight excluding hydrogens is 505 g/mol. The molecule has 0 bridgehead atoms. The number of hydrogen-bond acceptors (Lipinski definition) is 2. The Labute approximate surface area is 253 Å². The summed E-state index contributed by atoms with van der Waals surface area (Å²) < 4.78 is 0. The van der Waals surface area contributed by atoms with Crippen LogP contribution in [0.5, 0.6) is 5.88 Å². The Kier molecular flexibility index (Phi) is 30.8. The van der Waals surface area contributed by atoms with Gasteiger partial charge >= 0.3 is 200 Å². The number of nitrogens with zero attached hydrogens (tertiary/aromatic N) is 1. The maximum absolute atomic E-state index is 8.52. The molecule has 1 aromatic rings. The maximum atomic E-state index is 8.52. The topological polar surface area (TPSA) is 33.1 Å². The molecule has 0 spiro atoms. The first-order valence-corrected chi connectivity index (χ1v) is 21.1. The maximum Gasteiger partial charge on any atom is 0.210 e. The fourth-order valence-corrected chi connectivity index (χ4v) is 11.7. The Bertz CT molecular complexity index is 562. The zero-order chi connectivity index (χ0) is 29.4. The van der Waals surface area contributed by atoms with E-state index in [0.29, 0.717) is 0 Å². The first-order chi connectivity index (χ1) is 19.6. The summed E-state index contributed by atoms with van der Waals surface area (Å²) in [4.78, 5) is 3.53. The molecule has 0 aliphatic carbocycles. The molecule has 0 saturated carbocycles. The Hall–Kier alpha value is -0.620. The van der Waals surface area contributed by atoms with E-state index in [-0.39, 0.29) is 5.88 Å². The summed E-state index contributed by atoms with van der Waals surface area (Å²) >= 11 is 0. The van der Waals surface area contributed by atoms with Crippen molar-refractivity contribution in [1.82, 2.24) is 4.98 Å². The molecular formula is C37H74NOP. The number of unbranched alkanes of at least 4 members (excludes halogenated alkanes) is 20. The van der Waals surface area contributed by atoms with Crippen LogP contribution >= 0.6 is 7.26 Å². The second kappa shape index (κ2) is 31.3. The van der Waals surface area contributed by atoms with Gasteiger partial charge in [-0.3, -0.25) is 0 Å². The van der Waals surface area contributed by atoms with Crippen molar-refractivity contribution in [2.75, 3.05) is 24.6 Å². The third-order valence-electron chi connectivity index (χ3n) is 8.89. The van der Waals surface area contributed by atoms with Crippen LogP contribution in [0, 0.1) is 0 Å². The quantitative estimate of drug-likeness (QED) is 0.0791. The molecule has 1 heterocycles. The first kappa shape index (κ1) is 39.4. The molecule has 40 heavy (non-hydrogen) atoms. The zero-order valence-electron chi connectivity index (χ0n) is 28.0. The van der Waals surface area contributed by atoms with Crippen LogP contribution in [0.1, 0.15) is 182 Å². The zero-order valence-corrected chi connectivity index (χ0v) is 29.0. The third kappa shape index (κ3) is 26.3. The van der Waals surface area contributed by atoms with Gasteiger partial charge in [0.25, 0.3) is 0 Å². The fourth-order valence-electron chi connectivity index (χ4n) is 6.23. The number of aromatic nitrogens is 1. The molecule has 0 aliphatic rings. The normalized spacial score (nSPS) is 11.8. The van der Waals surface area contributed by atoms with Gasteiger partial charge in [-0.25, -0.2) is 4.98 Å². The van der Waals surface area contributed by atoms with E-state index >= 15 is 0 Å². The molecule has 1 aromatic heterocycles. The molecule has 0 radical (unpaired) electrons. The van der Waals surface area contributed by atoms with Crippen LogP contribution in [0.15, 0.2) is 24.4 Å². The van der Waals surface area contributed by atoms with Gasteiger partial charge in [0.05, 0.1) is 0 Å². The Balaban J connectivity index is 0.00000187. The standard InChI is InChI=1S/C32H69P.C5H5NO/c1-5-9-13-17-18-19-20-21-22-23-24-28-32-33(29-25-14-10-6-2,30-26-15-11-7-3)31-27-16-12-8-4;7-5-3-1-2-4-6-5/h33H,5-32H2,1-4H3;1-4H,(H,6,7). The van der Waals surface area contributed by atoms with Crippen LogP contribution in [0.4, 0.5) is 0 Å². The number of rotatable bonds is 28. The molecule has 3 heteroatoms. The van der Waals surface area contributed by atoms with Gasteiger partial charge in [0.1, 0.15) is 0 Å². The molecule has 0 fully saturated rings. The van der Waals surface area contributed by atoms with E-state index in [1.54, 1.807) is 62.5 Å². The van der Waals surface area contributed by atoms with Crippen molar-refractivity contribution < 1.29 is 5.11 Å². The summed E-state index contributed by atoms with van der Waals surface area (Å²) in [5.41, 5.74) is 0. The minimum Gasteiger partial charge on any atom is -0.493 e. The SMILES string of the molecule is CCCCCCCCCCCCCC[PH](CCCCCC)(CCCCCC)CCCCCC.Oc1ccccn1. The van der Waals surface area contributed by atoms with E-state index in [1.807, 2.05) is 0 Å². The van der Waals surface area contributed by atoms with Crippen molar-refractivity contribution in [3.63, 3.8) is 0 Å². The summed E-state index contributed by atoms with van der Waals surface area (Å²) in [6, 6.07) is 5.00. The summed E-state index contributed by atoms with van der Waals surface area (Å²) in [7, 11) is -1.04. The molecule has 0 aromatic carbocycles. The molecule has 0 aliphatic heterocycles. The van der Waals surface area contributed by atoms with E-state index in [9.17, 15) is 0 Å². The van der Waals surface area contributed by atoms with Crippen LogP contribution in [0.3, 0.4) is 0 Å². The molecule has 2 nitrogen and oxygen atoms in total. The largest absolute Gasteiger partial charge is 0.493 e. The fraction of sp³-hybridized carbons (Fsp3) is 0.865. The number of hydrogen-bond donors (Lipinski definition) is 1. The second-order valence-corrected chi connectivity index (χ2v) is 17.8. The number of aromatic hydroxyl groups is 1. The van der Waals surface area contributed by atoms with Gasteiger partial charge in [0.15, 0.2) is 0 Å². The smallest absolute Gasteiger partial charge is 0.210 e. The van der Waals surface area contributed by atoms with Gasteiger partial charge in [-0.2, -0.15) is 0 Å². The summed E-state index contributed by atoms with van der Waals surface area (Å²) in [6.45, 7) is 9.42. The van der Waals surface area contributed by atoms with Gasteiger partial charge in [0.2, 0.25) is 5.88 Å². The van der Waals surface area contributed by atoms with Crippen molar-refractivity contribution in [2.24, 2.45) is 0 Å². The van der Waals surface area contributed by atoms with Gasteiger partial charge in [0, 0.05) is 12.3 Å². The van der Waals surface area contributed by atoms with Crippen molar-refractivity contribution in [3.05, 3.63) is 24.4 Å². The summed E-state index contributed by atoms with van der Waals surface area (Å²) in [6.07, 6.45) is 43.9. The Morgan fingerprint density at radius 3 is 1.00 bits per heavy atom. The molecule has 0 amide bonds. The van der Waals surface area contributed by atoms with Crippen molar-refractivity contribution >= 4 is 7.26 Å². The predicted octanol–water partition coefficient (Wildman–Crippen LogP) is 13.0. The van der Waals surface area contributed by atoms with E-state index < -0.39 is 7.26 Å². The van der Waals surface area contributed by atoms with Crippen LogP contribution in [-0.2, 0) is 0 Å². The van der Waals surface area contributed by atoms with Crippen molar-refractivity contribution in [2.45, 2.75) is 182 Å². The summed E-state index contributed by atoms with van der Waals surface area (Å²) in [5.74, 6) is 0.0718. The second-order valence-electron chi connectivity index (χ2n) is 12.8. The van der Waals surface area contributed by atoms with E-state index in [2.05, 4.69) is 32.7 Å². The van der Waals surface area contributed by atoms with Crippen LogP contribution < -0.4 is 0 Å². The van der Waals surface area contributed by atoms with Crippen molar-refractivity contribution in [3.8, 4) is 5.88 Å². The molecule has 0 saturated heterocycles. The van der Waals surface area contributed by atoms with E-state index in [4.69, 9.17) is 5.11 Å². The molecule has 1 rings (SSSR count). The molecule has 0 unspecified atom stereocenters. The Morgan fingerprint density at radius 2 is 0.750 bits per heavy atom. The van der Waals surface area contributed by atoms with Gasteiger partial charge in [-0.05, 0) is 6.07 Å². The van der Waals surface area contributed by atoms with Crippen molar-refractivity contribution in [1.29, 1.82) is 0 Å². The van der Waals surface area contributed by atoms with Gasteiger partial charge in [-0.1, -0.05) is 19.4 Å². The first-order valence-electron chi connectivity index (χ1n) is 18.2. The Morgan fingerprint density at radius 1 is 0.450 bits per heavy atom. The van der Waals surface area contributed by atoms with Gasteiger partial charge < -0.3 is 5.11 Å². The molecule has 1 N–H and O–H groups in total. The van der Waals surface area contributed by atoms with Crippen LogP contribution in [0.25, 0.3) is 0 Å².